The van der Waals surface area contributed by atoms with E-state index < -0.39 is 0 Å². The van der Waals surface area contributed by atoms with E-state index in [0.717, 1.165) is 6.42 Å². The Morgan fingerprint density at radius 3 is 2.88 bits per heavy atom. The molecule has 1 aromatic heterocycles. The number of aromatic nitrogens is 3. The summed E-state index contributed by atoms with van der Waals surface area (Å²) in [6.07, 6.45) is 4.02. The van der Waals surface area contributed by atoms with Crippen LogP contribution in [0.4, 0.5) is 5.69 Å². The van der Waals surface area contributed by atoms with Crippen molar-refractivity contribution >= 4 is 29.1 Å². The second kappa shape index (κ2) is 7.00. The zero-order valence-corrected chi connectivity index (χ0v) is 14.0. The van der Waals surface area contributed by atoms with Crippen molar-refractivity contribution < 1.29 is 9.59 Å². The summed E-state index contributed by atoms with van der Waals surface area (Å²) in [6.45, 7) is 2.36. The third-order valence-electron chi connectivity index (χ3n) is 4.01. The molecule has 1 aromatic carbocycles. The molecule has 1 saturated carbocycles. The van der Waals surface area contributed by atoms with Crippen LogP contribution in [0.15, 0.2) is 30.9 Å². The molecule has 0 bridgehead atoms. The fraction of sp³-hybridized carbons (Fsp3) is 0.375. The van der Waals surface area contributed by atoms with Gasteiger partial charge in [-0.2, -0.15) is 5.10 Å². The summed E-state index contributed by atoms with van der Waals surface area (Å²) < 4.78 is 1.49. The average molecular weight is 348 g/mol. The summed E-state index contributed by atoms with van der Waals surface area (Å²) in [5.41, 5.74) is 1.10. The summed E-state index contributed by atoms with van der Waals surface area (Å²) in [5.74, 6) is 0.388. The molecule has 2 N–H and O–H groups in total. The van der Waals surface area contributed by atoms with Gasteiger partial charge in [-0.3, -0.25) is 9.59 Å². The molecule has 0 radical (unpaired) electrons. The molecule has 2 amide bonds. The Hall–Kier alpha value is -2.41. The van der Waals surface area contributed by atoms with E-state index in [4.69, 9.17) is 11.6 Å². The quantitative estimate of drug-likeness (QED) is 0.836. The van der Waals surface area contributed by atoms with Gasteiger partial charge in [-0.15, -0.1) is 0 Å². The predicted octanol–water partition coefficient (Wildman–Crippen LogP) is 2.02. The van der Waals surface area contributed by atoms with E-state index in [-0.39, 0.29) is 24.2 Å². The van der Waals surface area contributed by atoms with Crippen LogP contribution >= 0.6 is 11.6 Å². The van der Waals surface area contributed by atoms with Gasteiger partial charge in [0, 0.05) is 18.9 Å². The lowest BCUT2D eigenvalue weighted by Crippen LogP contribution is -2.29. The van der Waals surface area contributed by atoms with Crippen molar-refractivity contribution in [2.24, 2.45) is 11.8 Å². The van der Waals surface area contributed by atoms with Gasteiger partial charge >= 0.3 is 0 Å². The Kier molecular flexibility index (Phi) is 4.80. The first-order valence-corrected chi connectivity index (χ1v) is 8.15. The Balaban J connectivity index is 1.58. The van der Waals surface area contributed by atoms with Crippen LogP contribution in [-0.2, 0) is 9.59 Å². The third-order valence-corrected chi connectivity index (χ3v) is 4.31. The van der Waals surface area contributed by atoms with Gasteiger partial charge in [0.25, 0.3) is 0 Å². The van der Waals surface area contributed by atoms with Gasteiger partial charge in [-0.05, 0) is 24.5 Å². The number of benzene rings is 1. The molecule has 1 fully saturated rings. The fourth-order valence-corrected chi connectivity index (χ4v) is 2.76. The zero-order valence-electron chi connectivity index (χ0n) is 13.2. The number of nitrogens with zero attached hydrogens (tertiary/aromatic N) is 3. The molecule has 1 aliphatic carbocycles. The van der Waals surface area contributed by atoms with Crippen LogP contribution in [0.3, 0.4) is 0 Å². The number of amides is 2. The third kappa shape index (κ3) is 3.73. The van der Waals surface area contributed by atoms with Gasteiger partial charge in [-0.1, -0.05) is 24.6 Å². The van der Waals surface area contributed by atoms with E-state index in [9.17, 15) is 9.59 Å². The van der Waals surface area contributed by atoms with Crippen molar-refractivity contribution in [1.29, 1.82) is 0 Å². The molecule has 126 valence electrons. The number of rotatable bonds is 6. The number of carbonyl (C=O) groups is 2. The molecule has 3 rings (SSSR count). The molecule has 0 spiro atoms. The molecule has 24 heavy (non-hydrogen) atoms. The molecular formula is C16H18ClN5O2. The van der Waals surface area contributed by atoms with E-state index in [0.29, 0.717) is 28.9 Å². The number of para-hydroxylation sites is 1. The molecular weight excluding hydrogens is 330 g/mol. The van der Waals surface area contributed by atoms with E-state index in [1.807, 2.05) is 6.92 Å². The molecule has 1 heterocycles. The molecule has 8 heteroatoms. The first-order valence-electron chi connectivity index (χ1n) is 7.77. The highest BCUT2D eigenvalue weighted by molar-refractivity contribution is 6.33. The van der Waals surface area contributed by atoms with Crippen molar-refractivity contribution in [2.75, 3.05) is 11.9 Å². The minimum atomic E-state index is -0.206. The number of halogens is 1. The van der Waals surface area contributed by atoms with Crippen molar-refractivity contribution in [1.82, 2.24) is 20.1 Å². The molecule has 0 unspecified atom stereocenters. The Labute approximate surface area is 144 Å². The van der Waals surface area contributed by atoms with E-state index in [1.165, 1.54) is 17.3 Å². The lowest BCUT2D eigenvalue weighted by atomic mass is 10.2. The van der Waals surface area contributed by atoms with Gasteiger partial charge in [0.1, 0.15) is 18.3 Å². The summed E-state index contributed by atoms with van der Waals surface area (Å²) in [4.78, 5) is 27.7. The smallest absolute Gasteiger partial charge is 0.226 e. The molecule has 0 saturated heterocycles. The van der Waals surface area contributed by atoms with Crippen LogP contribution in [-0.4, -0.2) is 33.1 Å². The summed E-state index contributed by atoms with van der Waals surface area (Å²) in [5, 5.41) is 10.1. The normalized spacial score (nSPS) is 18.9. The van der Waals surface area contributed by atoms with Gasteiger partial charge in [-0.25, -0.2) is 9.67 Å². The van der Waals surface area contributed by atoms with Crippen LogP contribution < -0.4 is 10.6 Å². The number of anilines is 1. The van der Waals surface area contributed by atoms with Crippen LogP contribution in [0.1, 0.15) is 19.8 Å². The topological polar surface area (TPSA) is 88.9 Å². The monoisotopic (exact) mass is 347 g/mol. The van der Waals surface area contributed by atoms with Crippen LogP contribution in [0.5, 0.6) is 0 Å². The first kappa shape index (κ1) is 16.4. The van der Waals surface area contributed by atoms with E-state index >= 15 is 0 Å². The lowest BCUT2D eigenvalue weighted by molar-refractivity contribution is -0.122. The fourth-order valence-electron chi connectivity index (χ4n) is 2.50. The number of carbonyl (C=O) groups excluding carboxylic acids is 2. The summed E-state index contributed by atoms with van der Waals surface area (Å²) >= 11 is 6.21. The van der Waals surface area contributed by atoms with Gasteiger partial charge < -0.3 is 10.6 Å². The lowest BCUT2D eigenvalue weighted by Gasteiger charge is -2.12. The van der Waals surface area contributed by atoms with Crippen LogP contribution in [0.25, 0.3) is 5.69 Å². The van der Waals surface area contributed by atoms with E-state index in [1.54, 1.807) is 18.2 Å². The highest BCUT2D eigenvalue weighted by atomic mass is 35.5. The highest BCUT2D eigenvalue weighted by Crippen LogP contribution is 2.37. The van der Waals surface area contributed by atoms with E-state index in [2.05, 4.69) is 20.7 Å². The maximum atomic E-state index is 12.1. The molecule has 2 aromatic rings. The summed E-state index contributed by atoms with van der Waals surface area (Å²) in [6, 6.07) is 5.20. The maximum Gasteiger partial charge on any atom is 0.226 e. The average Bonchev–Trinajstić information content (AvgIpc) is 3.05. The Morgan fingerprint density at radius 1 is 1.42 bits per heavy atom. The predicted molar refractivity (Wildman–Crippen MR) is 89.9 cm³/mol. The van der Waals surface area contributed by atoms with Gasteiger partial charge in [0.2, 0.25) is 11.8 Å². The molecule has 0 aliphatic heterocycles. The van der Waals surface area contributed by atoms with Crippen LogP contribution in [0.2, 0.25) is 5.02 Å². The Bertz CT molecular complexity index is 747. The van der Waals surface area contributed by atoms with Crippen LogP contribution in [0, 0.1) is 11.8 Å². The van der Waals surface area contributed by atoms with Crippen molar-refractivity contribution in [3.63, 3.8) is 0 Å². The maximum absolute atomic E-state index is 12.1. The number of hydrogen-bond acceptors (Lipinski definition) is 4. The van der Waals surface area contributed by atoms with Crippen molar-refractivity contribution in [3.05, 3.63) is 35.9 Å². The second-order valence-corrected chi connectivity index (χ2v) is 6.29. The van der Waals surface area contributed by atoms with Crippen molar-refractivity contribution in [3.8, 4) is 5.69 Å². The molecule has 7 nitrogen and oxygen atoms in total. The first-order chi connectivity index (χ1) is 11.6. The number of hydrogen-bond donors (Lipinski definition) is 2. The summed E-state index contributed by atoms with van der Waals surface area (Å²) in [7, 11) is 0. The highest BCUT2D eigenvalue weighted by Gasteiger charge is 2.38. The van der Waals surface area contributed by atoms with Gasteiger partial charge in [0.15, 0.2) is 0 Å². The molecule has 1 aliphatic rings. The van der Waals surface area contributed by atoms with Gasteiger partial charge in [0.05, 0.1) is 10.7 Å². The largest absolute Gasteiger partial charge is 0.355 e. The second-order valence-electron chi connectivity index (χ2n) is 5.88. The zero-order chi connectivity index (χ0) is 17.1. The standard InChI is InChI=1S/C16H18ClN5O2/c1-10-7-11(10)16(24)19-6-5-14(23)21-13-4-2-3-12(17)15(13)22-9-18-8-20-22/h2-4,8-11H,5-7H2,1H3,(H,19,24)(H,21,23)/t10-,11-/m0/s1. The van der Waals surface area contributed by atoms with Crippen molar-refractivity contribution in [2.45, 2.75) is 19.8 Å². The SMILES string of the molecule is C[C@H]1C[C@@H]1C(=O)NCCC(=O)Nc1cccc(Cl)c1-n1cncn1. The minimum Gasteiger partial charge on any atom is -0.355 e. The minimum absolute atomic E-state index is 0.0290. The molecule has 2 atom stereocenters. The Morgan fingerprint density at radius 2 is 2.21 bits per heavy atom. The number of nitrogens with one attached hydrogen (secondary N) is 2.